The van der Waals surface area contributed by atoms with E-state index in [4.69, 9.17) is 11.6 Å². The smallest absolute Gasteiger partial charge is 0.263 e. The van der Waals surface area contributed by atoms with E-state index in [2.05, 4.69) is 21.8 Å². The number of carbonyl (C=O) groups is 1. The van der Waals surface area contributed by atoms with E-state index in [0.29, 0.717) is 11.6 Å². The van der Waals surface area contributed by atoms with Crippen molar-refractivity contribution >= 4 is 24.2 Å². The van der Waals surface area contributed by atoms with Crippen molar-refractivity contribution in [1.82, 2.24) is 14.8 Å². The maximum atomic E-state index is 11.1. The highest BCUT2D eigenvalue weighted by Crippen LogP contribution is 2.10. The highest BCUT2D eigenvalue weighted by Gasteiger charge is 2.08. The van der Waals surface area contributed by atoms with Crippen LogP contribution in [0.3, 0.4) is 0 Å². The molecule has 0 spiro atoms. The molecule has 0 radical (unpaired) electrons. The van der Waals surface area contributed by atoms with Crippen LogP contribution in [0.25, 0.3) is 0 Å². The van der Waals surface area contributed by atoms with E-state index in [1.54, 1.807) is 16.8 Å². The zero-order chi connectivity index (χ0) is 12.3. The molecule has 0 aliphatic carbocycles. The first-order chi connectivity index (χ1) is 8.19. The summed E-state index contributed by atoms with van der Waals surface area (Å²) in [5.74, 6) is -0.478. The summed E-state index contributed by atoms with van der Waals surface area (Å²) in [6, 6.07) is 7.37. The molecule has 5 nitrogen and oxygen atoms in total. The average molecular weight is 249 g/mol. The summed E-state index contributed by atoms with van der Waals surface area (Å²) in [4.78, 5) is 18.2. The zero-order valence-electron chi connectivity index (χ0n) is 8.88. The van der Waals surface area contributed by atoms with Gasteiger partial charge in [-0.3, -0.25) is 4.79 Å². The number of hydrogen-bond acceptors (Lipinski definition) is 3. The minimum Gasteiger partial charge on any atom is -0.263 e. The third-order valence-corrected chi connectivity index (χ3v) is 2.38. The fraction of sp³-hybridized carbons (Fsp3) is 0.0909. The number of hydrogen-bond donors (Lipinski definition) is 0. The monoisotopic (exact) mass is 248 g/mol. The number of benzene rings is 1. The summed E-state index contributed by atoms with van der Waals surface area (Å²) in [5.41, 5.74) is 1.02. The van der Waals surface area contributed by atoms with Crippen molar-refractivity contribution in [2.45, 2.75) is 6.54 Å². The summed E-state index contributed by atoms with van der Waals surface area (Å²) in [6.07, 6.45) is 1.48. The number of halogens is 1. The van der Waals surface area contributed by atoms with Gasteiger partial charge in [0.25, 0.3) is 0 Å². The molecule has 86 valence electrons. The molecule has 17 heavy (non-hydrogen) atoms. The van der Waals surface area contributed by atoms with Gasteiger partial charge in [-0.2, -0.15) is 0 Å². The molecule has 1 amide bonds. The Hall–Kier alpha value is -2.01. The van der Waals surface area contributed by atoms with Crippen molar-refractivity contribution in [2.24, 2.45) is 4.99 Å². The SMILES string of the molecule is C=NC(=O)c1ncn(Cc2ccc(Cl)cc2)n1. The molecule has 0 atom stereocenters. The van der Waals surface area contributed by atoms with Gasteiger partial charge in [0.05, 0.1) is 6.54 Å². The highest BCUT2D eigenvalue weighted by atomic mass is 35.5. The van der Waals surface area contributed by atoms with Gasteiger partial charge in [0.1, 0.15) is 6.33 Å². The Balaban J connectivity index is 2.14. The van der Waals surface area contributed by atoms with Crippen LogP contribution in [0.5, 0.6) is 0 Å². The predicted molar refractivity (Wildman–Crippen MR) is 64.5 cm³/mol. The minimum absolute atomic E-state index is 0.0500. The van der Waals surface area contributed by atoms with Crippen LogP contribution in [0.1, 0.15) is 16.2 Å². The first-order valence-corrected chi connectivity index (χ1v) is 5.22. The number of aliphatic imine (C=N–C) groups is 1. The maximum absolute atomic E-state index is 11.1. The molecule has 0 bridgehead atoms. The second-order valence-electron chi connectivity index (χ2n) is 3.36. The van der Waals surface area contributed by atoms with Crippen molar-refractivity contribution in [2.75, 3.05) is 0 Å². The largest absolute Gasteiger partial charge is 0.315 e. The molecule has 0 unspecified atom stereocenters. The van der Waals surface area contributed by atoms with Crippen LogP contribution in [0.4, 0.5) is 0 Å². The van der Waals surface area contributed by atoms with Crippen molar-refractivity contribution in [1.29, 1.82) is 0 Å². The van der Waals surface area contributed by atoms with Gasteiger partial charge in [-0.1, -0.05) is 23.7 Å². The van der Waals surface area contributed by atoms with E-state index in [1.807, 2.05) is 12.1 Å². The Kier molecular flexibility index (Phi) is 3.30. The fourth-order valence-corrected chi connectivity index (χ4v) is 1.44. The molecule has 1 heterocycles. The van der Waals surface area contributed by atoms with Crippen molar-refractivity contribution in [3.8, 4) is 0 Å². The predicted octanol–water partition coefficient (Wildman–Crippen LogP) is 1.82. The summed E-state index contributed by atoms with van der Waals surface area (Å²) in [7, 11) is 0. The van der Waals surface area contributed by atoms with Crippen LogP contribution in [-0.4, -0.2) is 27.4 Å². The Morgan fingerprint density at radius 2 is 2.12 bits per heavy atom. The lowest BCUT2D eigenvalue weighted by Crippen LogP contribution is -2.03. The minimum atomic E-state index is -0.528. The highest BCUT2D eigenvalue weighted by molar-refractivity contribution is 6.30. The Morgan fingerprint density at radius 1 is 1.41 bits per heavy atom. The van der Waals surface area contributed by atoms with Crippen LogP contribution in [0, 0.1) is 0 Å². The normalized spacial score (nSPS) is 10.2. The second-order valence-corrected chi connectivity index (χ2v) is 3.79. The molecule has 0 fully saturated rings. The first-order valence-electron chi connectivity index (χ1n) is 4.84. The van der Waals surface area contributed by atoms with Gasteiger partial charge in [0, 0.05) is 5.02 Å². The number of amides is 1. The van der Waals surface area contributed by atoms with E-state index in [0.717, 1.165) is 5.56 Å². The van der Waals surface area contributed by atoms with Crippen molar-refractivity contribution in [3.63, 3.8) is 0 Å². The van der Waals surface area contributed by atoms with E-state index in [9.17, 15) is 4.79 Å². The van der Waals surface area contributed by atoms with Crippen LogP contribution >= 0.6 is 11.6 Å². The molecule has 2 rings (SSSR count). The summed E-state index contributed by atoms with van der Waals surface area (Å²) < 4.78 is 1.56. The van der Waals surface area contributed by atoms with Gasteiger partial charge in [-0.05, 0) is 24.4 Å². The lowest BCUT2D eigenvalue weighted by molar-refractivity contribution is 0.0994. The van der Waals surface area contributed by atoms with E-state index >= 15 is 0 Å². The van der Waals surface area contributed by atoms with Crippen LogP contribution in [0.15, 0.2) is 35.6 Å². The zero-order valence-corrected chi connectivity index (χ0v) is 9.63. The molecule has 0 saturated heterocycles. The van der Waals surface area contributed by atoms with E-state index < -0.39 is 5.91 Å². The van der Waals surface area contributed by atoms with Gasteiger partial charge in [-0.15, -0.1) is 5.10 Å². The number of nitrogens with zero attached hydrogens (tertiary/aromatic N) is 4. The molecule has 1 aromatic heterocycles. The second kappa shape index (κ2) is 4.88. The molecule has 0 aliphatic heterocycles. The van der Waals surface area contributed by atoms with Gasteiger partial charge >= 0.3 is 5.91 Å². The lowest BCUT2D eigenvalue weighted by Gasteiger charge is -2.00. The number of rotatable bonds is 3. The van der Waals surface area contributed by atoms with Gasteiger partial charge in [-0.25, -0.2) is 14.7 Å². The third kappa shape index (κ3) is 2.76. The van der Waals surface area contributed by atoms with Crippen LogP contribution < -0.4 is 0 Å². The molecule has 6 heteroatoms. The molecule has 0 aliphatic rings. The number of carbonyl (C=O) groups excluding carboxylic acids is 1. The molecular weight excluding hydrogens is 240 g/mol. The quantitative estimate of drug-likeness (QED) is 0.779. The maximum Gasteiger partial charge on any atom is 0.315 e. The fourth-order valence-electron chi connectivity index (χ4n) is 1.32. The molecule has 0 saturated carbocycles. The molecule has 0 N–H and O–H groups in total. The average Bonchev–Trinajstić information content (AvgIpc) is 2.80. The van der Waals surface area contributed by atoms with Gasteiger partial charge in [0.15, 0.2) is 0 Å². The van der Waals surface area contributed by atoms with Crippen LogP contribution in [0.2, 0.25) is 5.02 Å². The molecular formula is C11H9ClN4O. The standard InChI is InChI=1S/C11H9ClN4O/c1-13-11(17)10-14-7-16(15-10)6-8-2-4-9(12)5-3-8/h2-5,7H,1,6H2. The topological polar surface area (TPSA) is 60.1 Å². The third-order valence-electron chi connectivity index (χ3n) is 2.13. The molecule has 1 aromatic carbocycles. The Bertz CT molecular complexity index is 547. The first kappa shape index (κ1) is 11.5. The van der Waals surface area contributed by atoms with E-state index in [1.165, 1.54) is 6.33 Å². The Morgan fingerprint density at radius 3 is 2.76 bits per heavy atom. The molecule has 2 aromatic rings. The summed E-state index contributed by atoms with van der Waals surface area (Å²) >= 11 is 5.78. The summed E-state index contributed by atoms with van der Waals surface area (Å²) in [6.45, 7) is 3.66. The number of aromatic nitrogens is 3. The van der Waals surface area contributed by atoms with Crippen LogP contribution in [-0.2, 0) is 6.54 Å². The van der Waals surface area contributed by atoms with Crippen molar-refractivity contribution in [3.05, 3.63) is 47.0 Å². The van der Waals surface area contributed by atoms with Crippen molar-refractivity contribution < 1.29 is 4.79 Å². The van der Waals surface area contributed by atoms with E-state index in [-0.39, 0.29) is 5.82 Å². The van der Waals surface area contributed by atoms with Gasteiger partial charge < -0.3 is 0 Å². The summed E-state index contributed by atoms with van der Waals surface area (Å²) in [5, 5.41) is 4.67. The van der Waals surface area contributed by atoms with Gasteiger partial charge in [0.2, 0.25) is 5.82 Å². The Labute approximate surface area is 103 Å². The lowest BCUT2D eigenvalue weighted by atomic mass is 10.2.